The molecule has 1 aromatic carbocycles. The zero-order valence-electron chi connectivity index (χ0n) is 13.2. The van der Waals surface area contributed by atoms with Crippen molar-refractivity contribution in [2.75, 3.05) is 18.5 Å². The van der Waals surface area contributed by atoms with Gasteiger partial charge in [0.05, 0.1) is 0 Å². The first-order chi connectivity index (χ1) is 10.4. The van der Waals surface area contributed by atoms with E-state index < -0.39 is 11.6 Å². The average molecular weight is 306 g/mol. The van der Waals surface area contributed by atoms with Crippen LogP contribution in [0.25, 0.3) is 0 Å². The number of hydrogen-bond acceptors (Lipinski definition) is 5. The standard InChI is InChI=1S/C16H22N2O4/c1-16(2,3)22-15(20)9-21-14-5-4-13(18-10-19)12-8-17-7-6-11(12)14/h4-5,10,17H,6-9H2,1-3H3,(H,18,19). The van der Waals surface area contributed by atoms with Crippen LogP contribution in [-0.4, -0.2) is 31.1 Å². The molecular weight excluding hydrogens is 284 g/mol. The SMILES string of the molecule is CC(C)(C)OC(=O)COc1ccc(NC=O)c2c1CCNC2. The molecule has 0 spiro atoms. The van der Waals surface area contributed by atoms with E-state index in [1.807, 2.05) is 20.8 Å². The highest BCUT2D eigenvalue weighted by Gasteiger charge is 2.20. The van der Waals surface area contributed by atoms with Crippen LogP contribution in [0.4, 0.5) is 5.69 Å². The number of hydrogen-bond donors (Lipinski definition) is 2. The smallest absolute Gasteiger partial charge is 0.344 e. The Hall–Kier alpha value is -2.08. The molecule has 0 radical (unpaired) electrons. The number of benzene rings is 1. The maximum Gasteiger partial charge on any atom is 0.344 e. The number of anilines is 1. The molecular formula is C16H22N2O4. The molecule has 0 unspecified atom stereocenters. The molecule has 0 fully saturated rings. The van der Waals surface area contributed by atoms with Gasteiger partial charge < -0.3 is 20.1 Å². The van der Waals surface area contributed by atoms with Gasteiger partial charge in [-0.3, -0.25) is 4.79 Å². The van der Waals surface area contributed by atoms with Crippen LogP contribution >= 0.6 is 0 Å². The number of carbonyl (C=O) groups is 2. The van der Waals surface area contributed by atoms with Gasteiger partial charge in [-0.25, -0.2) is 4.79 Å². The summed E-state index contributed by atoms with van der Waals surface area (Å²) in [6, 6.07) is 3.56. The summed E-state index contributed by atoms with van der Waals surface area (Å²) in [5.74, 6) is 0.268. The first kappa shape index (κ1) is 16.3. The van der Waals surface area contributed by atoms with Crippen LogP contribution in [0.15, 0.2) is 12.1 Å². The van der Waals surface area contributed by atoms with Crippen molar-refractivity contribution in [1.82, 2.24) is 5.32 Å². The molecule has 0 saturated carbocycles. The van der Waals surface area contributed by atoms with Crippen molar-refractivity contribution >= 4 is 18.1 Å². The molecule has 2 N–H and O–H groups in total. The Kier molecular flexibility index (Phi) is 5.03. The van der Waals surface area contributed by atoms with E-state index in [0.717, 1.165) is 29.8 Å². The normalized spacial score (nSPS) is 14.0. The third-order valence-electron chi connectivity index (χ3n) is 3.22. The quantitative estimate of drug-likeness (QED) is 0.638. The van der Waals surface area contributed by atoms with Crippen LogP contribution < -0.4 is 15.4 Å². The fourth-order valence-electron chi connectivity index (χ4n) is 2.42. The van der Waals surface area contributed by atoms with E-state index in [1.54, 1.807) is 12.1 Å². The van der Waals surface area contributed by atoms with Crippen LogP contribution in [-0.2, 0) is 27.3 Å². The minimum absolute atomic E-state index is 0.127. The summed E-state index contributed by atoms with van der Waals surface area (Å²) in [5, 5.41) is 5.95. The lowest BCUT2D eigenvalue weighted by Gasteiger charge is -2.23. The fraction of sp³-hybridized carbons (Fsp3) is 0.500. The third kappa shape index (κ3) is 4.21. The Morgan fingerprint density at radius 3 is 2.82 bits per heavy atom. The second kappa shape index (κ2) is 6.79. The molecule has 0 aliphatic carbocycles. The Morgan fingerprint density at radius 1 is 1.36 bits per heavy atom. The van der Waals surface area contributed by atoms with Crippen molar-refractivity contribution in [3.05, 3.63) is 23.3 Å². The van der Waals surface area contributed by atoms with Crippen LogP contribution in [0.1, 0.15) is 31.9 Å². The van der Waals surface area contributed by atoms with Crippen LogP contribution in [0.3, 0.4) is 0 Å². The highest BCUT2D eigenvalue weighted by Crippen LogP contribution is 2.31. The van der Waals surface area contributed by atoms with E-state index >= 15 is 0 Å². The molecule has 1 aromatic rings. The first-order valence-electron chi connectivity index (χ1n) is 7.31. The van der Waals surface area contributed by atoms with Crippen LogP contribution in [0.5, 0.6) is 5.75 Å². The zero-order chi connectivity index (χ0) is 16.2. The lowest BCUT2D eigenvalue weighted by Crippen LogP contribution is -2.28. The molecule has 1 heterocycles. The molecule has 0 saturated heterocycles. The molecule has 6 nitrogen and oxygen atoms in total. The van der Waals surface area contributed by atoms with E-state index in [9.17, 15) is 9.59 Å². The molecule has 1 aliphatic rings. The number of amides is 1. The maximum absolute atomic E-state index is 11.8. The van der Waals surface area contributed by atoms with E-state index in [4.69, 9.17) is 9.47 Å². The fourth-order valence-corrected chi connectivity index (χ4v) is 2.42. The van der Waals surface area contributed by atoms with Crippen molar-refractivity contribution in [3.8, 4) is 5.75 Å². The second-order valence-corrected chi connectivity index (χ2v) is 6.13. The number of nitrogens with one attached hydrogen (secondary N) is 2. The molecule has 0 aromatic heterocycles. The Balaban J connectivity index is 2.11. The second-order valence-electron chi connectivity index (χ2n) is 6.13. The van der Waals surface area contributed by atoms with Gasteiger partial charge in [0.25, 0.3) is 0 Å². The third-order valence-corrected chi connectivity index (χ3v) is 3.22. The number of carbonyl (C=O) groups excluding carboxylic acids is 2. The van der Waals surface area contributed by atoms with Crippen molar-refractivity contribution in [3.63, 3.8) is 0 Å². The van der Waals surface area contributed by atoms with Gasteiger partial charge in [0.2, 0.25) is 6.41 Å². The van der Waals surface area contributed by atoms with Crippen molar-refractivity contribution in [2.24, 2.45) is 0 Å². The number of rotatable bonds is 5. The Bertz CT molecular complexity index is 564. The lowest BCUT2D eigenvalue weighted by atomic mass is 9.98. The van der Waals surface area contributed by atoms with Crippen LogP contribution in [0.2, 0.25) is 0 Å². The largest absolute Gasteiger partial charge is 0.482 e. The summed E-state index contributed by atoms with van der Waals surface area (Å²) in [5.41, 5.74) is 2.26. The molecule has 0 atom stereocenters. The average Bonchev–Trinajstić information content (AvgIpc) is 2.45. The van der Waals surface area contributed by atoms with Crippen LogP contribution in [0, 0.1) is 0 Å². The molecule has 1 aliphatic heterocycles. The highest BCUT2D eigenvalue weighted by atomic mass is 16.6. The molecule has 120 valence electrons. The first-order valence-corrected chi connectivity index (χ1v) is 7.31. The Morgan fingerprint density at radius 2 is 2.14 bits per heavy atom. The molecule has 2 rings (SSSR count). The predicted octanol–water partition coefficient (Wildman–Crippen LogP) is 1.62. The summed E-state index contributed by atoms with van der Waals surface area (Å²) >= 11 is 0. The van der Waals surface area contributed by atoms with E-state index in [-0.39, 0.29) is 6.61 Å². The molecule has 1 amide bonds. The van der Waals surface area contributed by atoms with Gasteiger partial charge in [0.15, 0.2) is 6.61 Å². The van der Waals surface area contributed by atoms with E-state index in [2.05, 4.69) is 10.6 Å². The minimum atomic E-state index is -0.526. The van der Waals surface area contributed by atoms with Gasteiger partial charge in [-0.1, -0.05) is 0 Å². The van der Waals surface area contributed by atoms with Crippen molar-refractivity contribution < 1.29 is 19.1 Å². The molecule has 22 heavy (non-hydrogen) atoms. The maximum atomic E-state index is 11.8. The van der Waals surface area contributed by atoms with E-state index in [1.165, 1.54) is 0 Å². The summed E-state index contributed by atoms with van der Waals surface area (Å²) < 4.78 is 10.9. The number of esters is 1. The van der Waals surface area contributed by atoms with Crippen molar-refractivity contribution in [1.29, 1.82) is 0 Å². The summed E-state index contributed by atoms with van der Waals surface area (Å²) in [7, 11) is 0. The number of fused-ring (bicyclic) bond motifs is 1. The Labute approximate surface area is 130 Å². The van der Waals surface area contributed by atoms with Gasteiger partial charge in [-0.05, 0) is 51.4 Å². The lowest BCUT2D eigenvalue weighted by molar-refractivity contribution is -0.157. The minimum Gasteiger partial charge on any atom is -0.482 e. The summed E-state index contributed by atoms with van der Waals surface area (Å²) in [6.45, 7) is 6.82. The predicted molar refractivity (Wildman–Crippen MR) is 82.9 cm³/mol. The van der Waals surface area contributed by atoms with Crippen molar-refractivity contribution in [2.45, 2.75) is 39.3 Å². The van der Waals surface area contributed by atoms with Gasteiger partial charge in [-0.15, -0.1) is 0 Å². The van der Waals surface area contributed by atoms with E-state index in [0.29, 0.717) is 18.7 Å². The highest BCUT2D eigenvalue weighted by molar-refractivity contribution is 5.76. The number of ether oxygens (including phenoxy) is 2. The van der Waals surface area contributed by atoms with Gasteiger partial charge in [-0.2, -0.15) is 0 Å². The molecule has 0 bridgehead atoms. The van der Waals surface area contributed by atoms with Gasteiger partial charge >= 0.3 is 5.97 Å². The monoisotopic (exact) mass is 306 g/mol. The topological polar surface area (TPSA) is 76.7 Å². The summed E-state index contributed by atoms with van der Waals surface area (Å²) in [6.07, 6.45) is 1.44. The summed E-state index contributed by atoms with van der Waals surface area (Å²) in [4.78, 5) is 22.4. The molecule has 6 heteroatoms. The zero-order valence-corrected chi connectivity index (χ0v) is 13.2. The van der Waals surface area contributed by atoms with Gasteiger partial charge in [0, 0.05) is 17.8 Å². The van der Waals surface area contributed by atoms with Gasteiger partial charge in [0.1, 0.15) is 11.4 Å².